The molecule has 0 aromatic carbocycles. The van der Waals surface area contributed by atoms with E-state index in [4.69, 9.17) is 4.74 Å². The van der Waals surface area contributed by atoms with Gasteiger partial charge in [0.15, 0.2) is 0 Å². The number of carbonyl (C=O) groups is 1. The predicted octanol–water partition coefficient (Wildman–Crippen LogP) is 2.67. The van der Waals surface area contributed by atoms with E-state index in [1.165, 1.54) is 11.3 Å². The zero-order valence-electron chi connectivity index (χ0n) is 12.5. The standard InChI is InChI=1S/C16H19N3O2S/c1-11-4-5-14(22-11)16(20)18-9-13-6-7-17-15(19-13)12-3-2-8-21-10-12/h4-7,12H,2-3,8-10H2,1H3,(H,18,20). The molecule has 1 atom stereocenters. The van der Waals surface area contributed by atoms with Crippen LogP contribution in [0.1, 0.15) is 44.8 Å². The second-order valence-corrected chi connectivity index (χ2v) is 6.70. The van der Waals surface area contributed by atoms with Crippen molar-refractivity contribution in [1.29, 1.82) is 0 Å². The lowest BCUT2D eigenvalue weighted by atomic mass is 10.0. The summed E-state index contributed by atoms with van der Waals surface area (Å²) in [6, 6.07) is 5.64. The van der Waals surface area contributed by atoms with Crippen molar-refractivity contribution < 1.29 is 9.53 Å². The molecule has 2 aromatic rings. The molecule has 1 aliphatic heterocycles. The first-order chi connectivity index (χ1) is 10.7. The molecule has 22 heavy (non-hydrogen) atoms. The molecule has 0 spiro atoms. The summed E-state index contributed by atoms with van der Waals surface area (Å²) in [6.07, 6.45) is 3.87. The average Bonchev–Trinajstić information content (AvgIpc) is 3.00. The molecule has 116 valence electrons. The van der Waals surface area contributed by atoms with Gasteiger partial charge in [-0.15, -0.1) is 11.3 Å². The van der Waals surface area contributed by atoms with Gasteiger partial charge in [0.25, 0.3) is 5.91 Å². The van der Waals surface area contributed by atoms with Gasteiger partial charge in [0, 0.05) is 23.6 Å². The average molecular weight is 317 g/mol. The van der Waals surface area contributed by atoms with Gasteiger partial charge in [-0.1, -0.05) is 0 Å². The molecule has 0 aliphatic carbocycles. The van der Waals surface area contributed by atoms with Gasteiger partial charge in [-0.05, 0) is 38.0 Å². The maximum Gasteiger partial charge on any atom is 0.261 e. The molecule has 1 saturated heterocycles. The Morgan fingerprint density at radius 1 is 1.45 bits per heavy atom. The lowest BCUT2D eigenvalue weighted by molar-refractivity contribution is 0.0779. The fraction of sp³-hybridized carbons (Fsp3) is 0.438. The molecule has 1 amide bonds. The molecule has 1 fully saturated rings. The van der Waals surface area contributed by atoms with E-state index in [0.29, 0.717) is 13.2 Å². The zero-order chi connectivity index (χ0) is 15.4. The highest BCUT2D eigenvalue weighted by atomic mass is 32.1. The Morgan fingerprint density at radius 2 is 2.36 bits per heavy atom. The van der Waals surface area contributed by atoms with Crippen molar-refractivity contribution in [1.82, 2.24) is 15.3 Å². The van der Waals surface area contributed by atoms with E-state index in [2.05, 4.69) is 15.3 Å². The molecule has 0 radical (unpaired) electrons. The summed E-state index contributed by atoms with van der Waals surface area (Å²) in [5.41, 5.74) is 0.831. The number of aryl methyl sites for hydroxylation is 1. The van der Waals surface area contributed by atoms with Crippen LogP contribution in [0.4, 0.5) is 0 Å². The molecule has 0 saturated carbocycles. The molecule has 3 rings (SSSR count). The molecule has 1 unspecified atom stereocenters. The minimum atomic E-state index is -0.0562. The zero-order valence-corrected chi connectivity index (χ0v) is 13.4. The highest BCUT2D eigenvalue weighted by molar-refractivity contribution is 7.13. The van der Waals surface area contributed by atoms with E-state index >= 15 is 0 Å². The third-order valence-corrected chi connectivity index (χ3v) is 4.65. The number of amides is 1. The first kappa shape index (κ1) is 15.1. The molecule has 0 bridgehead atoms. The van der Waals surface area contributed by atoms with Crippen molar-refractivity contribution >= 4 is 17.2 Å². The van der Waals surface area contributed by atoms with Gasteiger partial charge < -0.3 is 10.1 Å². The van der Waals surface area contributed by atoms with E-state index < -0.39 is 0 Å². The smallest absolute Gasteiger partial charge is 0.261 e. The first-order valence-electron chi connectivity index (χ1n) is 7.46. The Bertz CT molecular complexity index is 650. The Morgan fingerprint density at radius 3 is 3.09 bits per heavy atom. The van der Waals surface area contributed by atoms with E-state index in [1.807, 2.05) is 25.1 Å². The maximum absolute atomic E-state index is 12.1. The summed E-state index contributed by atoms with van der Waals surface area (Å²) < 4.78 is 5.49. The molecular formula is C16H19N3O2S. The normalized spacial score (nSPS) is 18.1. The summed E-state index contributed by atoms with van der Waals surface area (Å²) in [5, 5.41) is 2.91. The summed E-state index contributed by atoms with van der Waals surface area (Å²) in [6.45, 7) is 3.92. The summed E-state index contributed by atoms with van der Waals surface area (Å²) in [5.74, 6) is 1.03. The van der Waals surface area contributed by atoms with Gasteiger partial charge in [-0.2, -0.15) is 0 Å². The monoisotopic (exact) mass is 317 g/mol. The van der Waals surface area contributed by atoms with Crippen molar-refractivity contribution in [3.63, 3.8) is 0 Å². The number of aromatic nitrogens is 2. The second-order valence-electron chi connectivity index (χ2n) is 5.41. The third-order valence-electron chi connectivity index (χ3n) is 3.65. The first-order valence-corrected chi connectivity index (χ1v) is 8.28. The van der Waals surface area contributed by atoms with Crippen LogP contribution in [0, 0.1) is 6.92 Å². The molecule has 5 nitrogen and oxygen atoms in total. The largest absolute Gasteiger partial charge is 0.381 e. The van der Waals surface area contributed by atoms with Crippen LogP contribution in [-0.4, -0.2) is 29.1 Å². The topological polar surface area (TPSA) is 64.1 Å². The number of thiophene rings is 1. The number of carbonyl (C=O) groups excluding carboxylic acids is 1. The van der Waals surface area contributed by atoms with E-state index in [1.54, 1.807) is 6.20 Å². The van der Waals surface area contributed by atoms with Gasteiger partial charge in [0.1, 0.15) is 5.82 Å². The Kier molecular flexibility index (Phi) is 4.80. The van der Waals surface area contributed by atoms with Crippen molar-refractivity contribution in [3.05, 3.63) is 45.7 Å². The summed E-state index contributed by atoms with van der Waals surface area (Å²) in [4.78, 5) is 22.8. The van der Waals surface area contributed by atoms with E-state index in [0.717, 1.165) is 40.7 Å². The molecule has 2 aromatic heterocycles. The van der Waals surface area contributed by atoms with Crippen LogP contribution in [0.15, 0.2) is 24.4 Å². The van der Waals surface area contributed by atoms with E-state index in [9.17, 15) is 4.79 Å². The highest BCUT2D eigenvalue weighted by Gasteiger charge is 2.19. The third kappa shape index (κ3) is 3.69. The van der Waals surface area contributed by atoms with Crippen LogP contribution in [0.3, 0.4) is 0 Å². The van der Waals surface area contributed by atoms with Crippen molar-refractivity contribution in [3.8, 4) is 0 Å². The number of nitrogens with one attached hydrogen (secondary N) is 1. The Balaban J connectivity index is 1.61. The predicted molar refractivity (Wildman–Crippen MR) is 85.1 cm³/mol. The lowest BCUT2D eigenvalue weighted by Gasteiger charge is -2.20. The van der Waals surface area contributed by atoms with Crippen LogP contribution >= 0.6 is 11.3 Å². The van der Waals surface area contributed by atoms with Crippen LogP contribution < -0.4 is 5.32 Å². The van der Waals surface area contributed by atoms with Gasteiger partial charge in [0.2, 0.25) is 0 Å². The maximum atomic E-state index is 12.1. The van der Waals surface area contributed by atoms with Crippen LogP contribution in [0.2, 0.25) is 0 Å². The number of rotatable bonds is 4. The number of hydrogen-bond acceptors (Lipinski definition) is 5. The minimum absolute atomic E-state index is 0.0562. The number of ether oxygens (including phenoxy) is 1. The fourth-order valence-corrected chi connectivity index (χ4v) is 3.25. The SMILES string of the molecule is Cc1ccc(C(=O)NCc2ccnc(C3CCCOC3)n2)s1. The van der Waals surface area contributed by atoms with Gasteiger partial charge in [-0.3, -0.25) is 4.79 Å². The van der Waals surface area contributed by atoms with Crippen molar-refractivity contribution in [2.75, 3.05) is 13.2 Å². The van der Waals surface area contributed by atoms with Crippen LogP contribution in [0.5, 0.6) is 0 Å². The van der Waals surface area contributed by atoms with Crippen molar-refractivity contribution in [2.24, 2.45) is 0 Å². The van der Waals surface area contributed by atoms with Gasteiger partial charge >= 0.3 is 0 Å². The quantitative estimate of drug-likeness (QED) is 0.941. The van der Waals surface area contributed by atoms with Crippen molar-refractivity contribution in [2.45, 2.75) is 32.2 Å². The Labute approximate surface area is 133 Å². The second kappa shape index (κ2) is 6.98. The van der Waals surface area contributed by atoms with Gasteiger partial charge in [0.05, 0.1) is 23.7 Å². The molecule has 1 N–H and O–H groups in total. The Hall–Kier alpha value is -1.79. The van der Waals surface area contributed by atoms with Crippen LogP contribution in [-0.2, 0) is 11.3 Å². The van der Waals surface area contributed by atoms with E-state index in [-0.39, 0.29) is 11.8 Å². The summed E-state index contributed by atoms with van der Waals surface area (Å²) >= 11 is 1.50. The molecular weight excluding hydrogens is 298 g/mol. The molecule has 1 aliphatic rings. The minimum Gasteiger partial charge on any atom is -0.381 e. The molecule has 3 heterocycles. The van der Waals surface area contributed by atoms with Crippen LogP contribution in [0.25, 0.3) is 0 Å². The fourth-order valence-electron chi connectivity index (χ4n) is 2.47. The lowest BCUT2D eigenvalue weighted by Crippen LogP contribution is -2.23. The number of nitrogens with zero attached hydrogens (tertiary/aromatic N) is 2. The molecule has 6 heteroatoms. The highest BCUT2D eigenvalue weighted by Crippen LogP contribution is 2.22. The number of hydrogen-bond donors (Lipinski definition) is 1. The van der Waals surface area contributed by atoms with Gasteiger partial charge in [-0.25, -0.2) is 9.97 Å². The summed E-state index contributed by atoms with van der Waals surface area (Å²) in [7, 11) is 0.